The van der Waals surface area contributed by atoms with Crippen LogP contribution in [0.2, 0.25) is 0 Å². The minimum atomic E-state index is -4.51. The molecule has 0 spiro atoms. The highest BCUT2D eigenvalue weighted by Gasteiger charge is 2.35. The molecule has 1 aliphatic heterocycles. The number of para-hydroxylation sites is 1. The SMILES string of the molecule is CCN1CCC(NC(=O)[C@H](C)Oc2ccccc2C(F)(F)F)CC1. The maximum absolute atomic E-state index is 13.0. The molecule has 0 bridgehead atoms. The van der Waals surface area contributed by atoms with Crippen molar-refractivity contribution < 1.29 is 22.7 Å². The van der Waals surface area contributed by atoms with Crippen LogP contribution in [0.15, 0.2) is 24.3 Å². The van der Waals surface area contributed by atoms with Gasteiger partial charge in [-0.2, -0.15) is 13.2 Å². The van der Waals surface area contributed by atoms with E-state index in [4.69, 9.17) is 4.74 Å². The van der Waals surface area contributed by atoms with Crippen molar-refractivity contribution >= 4 is 5.91 Å². The fourth-order valence-electron chi connectivity index (χ4n) is 2.76. The number of alkyl halides is 3. The first-order valence-electron chi connectivity index (χ1n) is 8.17. The van der Waals surface area contributed by atoms with E-state index in [1.54, 1.807) is 0 Å². The first-order chi connectivity index (χ1) is 11.3. The molecule has 4 nitrogen and oxygen atoms in total. The zero-order valence-electron chi connectivity index (χ0n) is 13.9. The van der Waals surface area contributed by atoms with Gasteiger partial charge >= 0.3 is 6.18 Å². The van der Waals surface area contributed by atoms with Crippen LogP contribution in [-0.4, -0.2) is 42.6 Å². The van der Waals surface area contributed by atoms with Crippen molar-refractivity contribution in [2.45, 2.75) is 45.0 Å². The molecule has 1 saturated heterocycles. The maximum atomic E-state index is 13.0. The van der Waals surface area contributed by atoms with Gasteiger partial charge in [-0.15, -0.1) is 0 Å². The zero-order valence-corrected chi connectivity index (χ0v) is 13.9. The average molecular weight is 344 g/mol. The monoisotopic (exact) mass is 344 g/mol. The Morgan fingerprint density at radius 1 is 1.33 bits per heavy atom. The summed E-state index contributed by atoms with van der Waals surface area (Å²) in [7, 11) is 0. The third-order valence-corrected chi connectivity index (χ3v) is 4.25. The van der Waals surface area contributed by atoms with E-state index in [0.717, 1.165) is 38.5 Å². The summed E-state index contributed by atoms with van der Waals surface area (Å²) in [5.41, 5.74) is -0.874. The van der Waals surface area contributed by atoms with Crippen LogP contribution in [0, 0.1) is 0 Å². The van der Waals surface area contributed by atoms with E-state index in [2.05, 4.69) is 17.1 Å². The Hall–Kier alpha value is -1.76. The third-order valence-electron chi connectivity index (χ3n) is 4.25. The Morgan fingerprint density at radius 3 is 2.54 bits per heavy atom. The number of nitrogens with one attached hydrogen (secondary N) is 1. The second-order valence-electron chi connectivity index (χ2n) is 5.97. The standard InChI is InChI=1S/C17H23F3N2O2/c1-3-22-10-8-13(9-11-22)21-16(23)12(2)24-15-7-5-4-6-14(15)17(18,19)20/h4-7,12-13H,3,8-11H2,1-2H3,(H,21,23)/t12-/m0/s1. The Bertz CT molecular complexity index is 555. The van der Waals surface area contributed by atoms with Crippen molar-refractivity contribution in [1.82, 2.24) is 10.2 Å². The number of hydrogen-bond donors (Lipinski definition) is 1. The van der Waals surface area contributed by atoms with Crippen molar-refractivity contribution in [2.24, 2.45) is 0 Å². The highest BCUT2D eigenvalue weighted by Crippen LogP contribution is 2.36. The quantitative estimate of drug-likeness (QED) is 0.893. The lowest BCUT2D eigenvalue weighted by Crippen LogP contribution is -2.48. The Balaban J connectivity index is 1.93. The predicted octanol–water partition coefficient (Wildman–Crippen LogP) is 3.07. The fraction of sp³-hybridized carbons (Fsp3) is 0.588. The van der Waals surface area contributed by atoms with Crippen molar-refractivity contribution in [3.05, 3.63) is 29.8 Å². The minimum Gasteiger partial charge on any atom is -0.480 e. The summed E-state index contributed by atoms with van der Waals surface area (Å²) >= 11 is 0. The summed E-state index contributed by atoms with van der Waals surface area (Å²) in [6.07, 6.45) is -3.82. The summed E-state index contributed by atoms with van der Waals surface area (Å²) in [6, 6.07) is 4.97. The van der Waals surface area contributed by atoms with Crippen LogP contribution in [0.25, 0.3) is 0 Å². The number of carbonyl (C=O) groups excluding carboxylic acids is 1. The zero-order chi connectivity index (χ0) is 17.7. The summed E-state index contributed by atoms with van der Waals surface area (Å²) in [6.45, 7) is 6.35. The van der Waals surface area contributed by atoms with Crippen LogP contribution in [0.1, 0.15) is 32.3 Å². The minimum absolute atomic E-state index is 0.0456. The number of carbonyl (C=O) groups is 1. The van der Waals surface area contributed by atoms with E-state index in [1.807, 2.05) is 0 Å². The van der Waals surface area contributed by atoms with Crippen LogP contribution in [0.4, 0.5) is 13.2 Å². The molecule has 1 N–H and O–H groups in total. The Morgan fingerprint density at radius 2 is 1.96 bits per heavy atom. The number of ether oxygens (including phenoxy) is 1. The number of hydrogen-bond acceptors (Lipinski definition) is 3. The molecule has 1 aromatic rings. The summed E-state index contributed by atoms with van der Waals surface area (Å²) < 4.78 is 44.1. The molecule has 1 heterocycles. The molecule has 24 heavy (non-hydrogen) atoms. The number of halogens is 3. The highest BCUT2D eigenvalue weighted by atomic mass is 19.4. The second-order valence-corrected chi connectivity index (χ2v) is 5.97. The lowest BCUT2D eigenvalue weighted by molar-refractivity contribution is -0.140. The number of piperidine rings is 1. The van der Waals surface area contributed by atoms with Gasteiger partial charge in [-0.25, -0.2) is 0 Å². The Kier molecular flexibility index (Phi) is 6.10. The summed E-state index contributed by atoms with van der Waals surface area (Å²) in [5.74, 6) is -0.713. The molecule has 0 unspecified atom stereocenters. The van der Waals surface area contributed by atoms with Crippen LogP contribution in [-0.2, 0) is 11.0 Å². The fourth-order valence-corrected chi connectivity index (χ4v) is 2.76. The van der Waals surface area contributed by atoms with Gasteiger partial charge in [-0.3, -0.25) is 4.79 Å². The molecule has 0 aromatic heterocycles. The van der Waals surface area contributed by atoms with Gasteiger partial charge in [0.15, 0.2) is 6.10 Å². The van der Waals surface area contributed by atoms with E-state index in [0.29, 0.717) is 0 Å². The van der Waals surface area contributed by atoms with E-state index in [9.17, 15) is 18.0 Å². The van der Waals surface area contributed by atoms with Crippen molar-refractivity contribution in [2.75, 3.05) is 19.6 Å². The first kappa shape index (κ1) is 18.6. The van der Waals surface area contributed by atoms with Crippen LogP contribution >= 0.6 is 0 Å². The summed E-state index contributed by atoms with van der Waals surface area (Å²) in [5, 5.41) is 2.87. The van der Waals surface area contributed by atoms with Gasteiger partial charge in [0.2, 0.25) is 0 Å². The smallest absolute Gasteiger partial charge is 0.419 e. The molecule has 2 rings (SSSR count). The lowest BCUT2D eigenvalue weighted by Gasteiger charge is -2.32. The normalized spacial score (nSPS) is 18.2. The van der Waals surface area contributed by atoms with Crippen LogP contribution in [0.5, 0.6) is 5.75 Å². The molecule has 1 aromatic carbocycles. The van der Waals surface area contributed by atoms with E-state index in [1.165, 1.54) is 25.1 Å². The lowest BCUT2D eigenvalue weighted by atomic mass is 10.0. The largest absolute Gasteiger partial charge is 0.480 e. The van der Waals surface area contributed by atoms with Crippen molar-refractivity contribution in [1.29, 1.82) is 0 Å². The highest BCUT2D eigenvalue weighted by molar-refractivity contribution is 5.81. The van der Waals surface area contributed by atoms with Gasteiger partial charge in [0.25, 0.3) is 5.91 Å². The molecule has 1 fully saturated rings. The first-order valence-corrected chi connectivity index (χ1v) is 8.17. The van der Waals surface area contributed by atoms with Crippen molar-refractivity contribution in [3.63, 3.8) is 0 Å². The molecule has 0 radical (unpaired) electrons. The number of rotatable bonds is 5. The average Bonchev–Trinajstić information content (AvgIpc) is 2.55. The van der Waals surface area contributed by atoms with Gasteiger partial charge in [-0.05, 0) is 38.4 Å². The third kappa shape index (κ3) is 4.87. The molecule has 0 saturated carbocycles. The van der Waals surface area contributed by atoms with Gasteiger partial charge in [0.1, 0.15) is 5.75 Å². The van der Waals surface area contributed by atoms with Crippen molar-refractivity contribution in [3.8, 4) is 5.75 Å². The number of likely N-dealkylation sites (tertiary alicyclic amines) is 1. The molecule has 0 aliphatic carbocycles. The van der Waals surface area contributed by atoms with Crippen LogP contribution < -0.4 is 10.1 Å². The topological polar surface area (TPSA) is 41.6 Å². The molecule has 1 aliphatic rings. The number of benzene rings is 1. The molecule has 1 atom stereocenters. The summed E-state index contributed by atoms with van der Waals surface area (Å²) in [4.78, 5) is 14.5. The van der Waals surface area contributed by atoms with Gasteiger partial charge < -0.3 is 15.0 Å². The van der Waals surface area contributed by atoms with Gasteiger partial charge in [0, 0.05) is 19.1 Å². The molecular weight excluding hydrogens is 321 g/mol. The molecular formula is C17H23F3N2O2. The predicted molar refractivity (Wildman–Crippen MR) is 84.8 cm³/mol. The van der Waals surface area contributed by atoms with Gasteiger partial charge in [-0.1, -0.05) is 19.1 Å². The number of nitrogens with zero attached hydrogens (tertiary/aromatic N) is 1. The van der Waals surface area contributed by atoms with Gasteiger partial charge in [0.05, 0.1) is 5.56 Å². The molecule has 1 amide bonds. The number of amides is 1. The van der Waals surface area contributed by atoms with E-state index >= 15 is 0 Å². The second kappa shape index (κ2) is 7.88. The van der Waals surface area contributed by atoms with E-state index in [-0.39, 0.29) is 17.7 Å². The molecule has 7 heteroatoms. The van der Waals surface area contributed by atoms with Crippen LogP contribution in [0.3, 0.4) is 0 Å². The molecule has 134 valence electrons. The van der Waals surface area contributed by atoms with E-state index < -0.39 is 17.8 Å². The Labute approximate surface area is 140 Å². The maximum Gasteiger partial charge on any atom is 0.419 e.